The van der Waals surface area contributed by atoms with E-state index in [2.05, 4.69) is 17.6 Å². The Morgan fingerprint density at radius 3 is 2.02 bits per heavy atom. The Bertz CT molecular complexity index is 1020. The maximum atomic E-state index is 12.6. The lowest BCUT2D eigenvalue weighted by Gasteiger charge is -2.23. The fraction of sp³-hybridized carbons (Fsp3) is 0.567. The molecule has 0 aromatic heterocycles. The molecule has 0 fully saturated rings. The molecule has 0 saturated heterocycles. The molecule has 0 aromatic rings. The van der Waals surface area contributed by atoms with Gasteiger partial charge < -0.3 is 41.9 Å². The summed E-state index contributed by atoms with van der Waals surface area (Å²) < 4.78 is 0. The Balaban J connectivity index is 5.45. The van der Waals surface area contributed by atoms with E-state index in [1.54, 1.807) is 48.6 Å². The van der Waals surface area contributed by atoms with Crippen molar-refractivity contribution >= 4 is 41.5 Å². The van der Waals surface area contributed by atoms with Crippen LogP contribution in [0.1, 0.15) is 64.7 Å². The number of aliphatic hydroxyl groups excluding tert-OH is 2. The molecule has 0 aromatic carbocycles. The van der Waals surface area contributed by atoms with Gasteiger partial charge in [-0.2, -0.15) is 0 Å². The highest BCUT2D eigenvalue weighted by Crippen LogP contribution is 2.22. The van der Waals surface area contributed by atoms with E-state index in [-0.39, 0.29) is 37.9 Å². The van der Waals surface area contributed by atoms with E-state index in [0.717, 1.165) is 31.0 Å². The monoisotopic (exact) mass is 641 g/mol. The maximum absolute atomic E-state index is 12.6. The van der Waals surface area contributed by atoms with Gasteiger partial charge in [0.25, 0.3) is 0 Å². The van der Waals surface area contributed by atoms with Crippen molar-refractivity contribution in [1.29, 1.82) is 0 Å². The molecule has 5 atom stereocenters. The molecule has 2 amide bonds. The first-order valence-electron chi connectivity index (χ1n) is 14.5. The molecular formula is C30H47N3O10S. The van der Waals surface area contributed by atoms with Crippen LogP contribution in [0.2, 0.25) is 0 Å². The molecule has 14 heteroatoms. The van der Waals surface area contributed by atoms with Gasteiger partial charge in [0, 0.05) is 23.8 Å². The molecule has 9 N–H and O–H groups in total. The summed E-state index contributed by atoms with van der Waals surface area (Å²) in [7, 11) is 0. The summed E-state index contributed by atoms with van der Waals surface area (Å²) in [5.41, 5.74) is 5.43. The summed E-state index contributed by atoms with van der Waals surface area (Å²) in [4.78, 5) is 57.8. The molecule has 0 radical (unpaired) electrons. The second-order valence-corrected chi connectivity index (χ2v) is 11.2. The van der Waals surface area contributed by atoms with Crippen molar-refractivity contribution in [1.82, 2.24) is 10.6 Å². The van der Waals surface area contributed by atoms with Crippen molar-refractivity contribution in [2.24, 2.45) is 5.73 Å². The Labute approximate surface area is 262 Å². The van der Waals surface area contributed by atoms with E-state index in [1.807, 2.05) is 0 Å². The number of nitrogens with one attached hydrogen (secondary N) is 2. The minimum Gasteiger partial charge on any atom is -0.481 e. The Morgan fingerprint density at radius 2 is 1.43 bits per heavy atom. The molecule has 0 rings (SSSR count). The number of rotatable bonds is 25. The second kappa shape index (κ2) is 24.9. The number of hydrogen-bond acceptors (Lipinski definition) is 9. The molecule has 248 valence electrons. The topological polar surface area (TPSA) is 237 Å². The minimum absolute atomic E-state index is 0.0812. The number of carboxylic acid groups (broad SMARTS) is 3. The van der Waals surface area contributed by atoms with Crippen LogP contribution in [-0.4, -0.2) is 97.1 Å². The quantitative estimate of drug-likeness (QED) is 0.0526. The van der Waals surface area contributed by atoms with Gasteiger partial charge in [-0.15, -0.1) is 11.8 Å². The van der Waals surface area contributed by atoms with Gasteiger partial charge in [-0.3, -0.25) is 24.0 Å². The third-order valence-electron chi connectivity index (χ3n) is 6.08. The molecular weight excluding hydrogens is 594 g/mol. The van der Waals surface area contributed by atoms with Crippen molar-refractivity contribution in [3.63, 3.8) is 0 Å². The van der Waals surface area contributed by atoms with Crippen LogP contribution >= 0.6 is 11.8 Å². The Morgan fingerprint density at radius 1 is 0.795 bits per heavy atom. The summed E-state index contributed by atoms with van der Waals surface area (Å²) in [5.74, 6) is -5.11. The number of allylic oxidation sites excluding steroid dienone is 6. The number of unbranched alkanes of at least 4 members (excludes halogenated alkanes) is 2. The lowest BCUT2D eigenvalue weighted by atomic mass is 10.1. The normalized spacial score (nSPS) is 15.4. The van der Waals surface area contributed by atoms with Gasteiger partial charge in [-0.25, -0.2) is 0 Å². The number of carbonyl (C=O) groups is 5. The molecule has 0 unspecified atom stereocenters. The second-order valence-electron chi connectivity index (χ2n) is 9.97. The summed E-state index contributed by atoms with van der Waals surface area (Å²) in [5, 5.41) is 51.4. The van der Waals surface area contributed by atoms with E-state index < -0.39 is 65.8 Å². The van der Waals surface area contributed by atoms with Gasteiger partial charge in [0.1, 0.15) is 18.6 Å². The highest BCUT2D eigenvalue weighted by atomic mass is 32.2. The third-order valence-corrected chi connectivity index (χ3v) is 7.47. The molecule has 0 aliphatic rings. The minimum atomic E-state index is -1.29. The van der Waals surface area contributed by atoms with Gasteiger partial charge in [0.2, 0.25) is 11.8 Å². The average molecular weight is 642 g/mol. The fourth-order valence-corrected chi connectivity index (χ4v) is 4.81. The average Bonchev–Trinajstić information content (AvgIpc) is 2.96. The molecule has 0 saturated carbocycles. The van der Waals surface area contributed by atoms with Crippen LogP contribution in [0.5, 0.6) is 0 Å². The molecule has 0 aliphatic carbocycles. The van der Waals surface area contributed by atoms with Crippen LogP contribution < -0.4 is 16.4 Å². The van der Waals surface area contributed by atoms with Crippen LogP contribution in [0.3, 0.4) is 0 Å². The van der Waals surface area contributed by atoms with Gasteiger partial charge in [0.05, 0.1) is 12.2 Å². The van der Waals surface area contributed by atoms with E-state index in [0.29, 0.717) is 6.42 Å². The largest absolute Gasteiger partial charge is 0.481 e. The highest BCUT2D eigenvalue weighted by Gasteiger charge is 2.25. The van der Waals surface area contributed by atoms with Gasteiger partial charge in [0.15, 0.2) is 0 Å². The van der Waals surface area contributed by atoms with Crippen molar-refractivity contribution in [3.8, 4) is 0 Å². The summed E-state index contributed by atoms with van der Waals surface area (Å²) in [6.07, 6.45) is 15.8. The number of thioether (sulfide) groups is 1. The molecule has 44 heavy (non-hydrogen) atoms. The number of hydrogen-bond donors (Lipinski definition) is 8. The molecule has 0 aliphatic heterocycles. The first-order chi connectivity index (χ1) is 20.9. The number of aliphatic hydroxyl groups is 2. The number of carbonyl (C=O) groups excluding carboxylic acids is 2. The first kappa shape index (κ1) is 40.5. The van der Waals surface area contributed by atoms with Crippen molar-refractivity contribution < 1.29 is 49.5 Å². The molecule has 13 nitrogen and oxygen atoms in total. The van der Waals surface area contributed by atoms with Crippen molar-refractivity contribution in [2.45, 2.75) is 94.3 Å². The van der Waals surface area contributed by atoms with Gasteiger partial charge >= 0.3 is 17.9 Å². The van der Waals surface area contributed by atoms with E-state index >= 15 is 0 Å². The van der Waals surface area contributed by atoms with Crippen LogP contribution in [0.25, 0.3) is 0 Å². The summed E-state index contributed by atoms with van der Waals surface area (Å²) in [6.45, 7) is 1.41. The molecule has 0 spiro atoms. The van der Waals surface area contributed by atoms with Gasteiger partial charge in [-0.1, -0.05) is 74.8 Å². The molecule has 0 bridgehead atoms. The lowest BCUT2D eigenvalue weighted by molar-refractivity contribution is -0.139. The van der Waals surface area contributed by atoms with E-state index in [4.69, 9.17) is 21.1 Å². The zero-order valence-electron chi connectivity index (χ0n) is 25.0. The fourth-order valence-electron chi connectivity index (χ4n) is 3.60. The predicted octanol–water partition coefficient (Wildman–Crippen LogP) is 1.75. The zero-order chi connectivity index (χ0) is 33.3. The Kier molecular flexibility index (Phi) is 23.0. The zero-order valence-corrected chi connectivity index (χ0v) is 25.9. The smallest absolute Gasteiger partial charge is 0.322 e. The summed E-state index contributed by atoms with van der Waals surface area (Å²) >= 11 is 1.10. The van der Waals surface area contributed by atoms with Crippen LogP contribution in [0.15, 0.2) is 48.6 Å². The number of carboxylic acids is 3. The Hall–Kier alpha value is -3.46. The standard InChI is InChI=1S/C30H47N3O10S/c1-2-3-8-12-21(34)13-9-6-4-5-7-10-15-25(24(35)14-11-16-27(37)38)44-20-23(29(41)32-19-28(39)40)33-26(36)18-17-22(31)30(42)43/h4-7,9-10,13,15,21-25,34-35H,2-3,8,11-12,14,16-20,31H2,1H3,(H,32,41)(H,33,36)(H,37,38)(H,39,40)(H,42,43)/b6-4-,7-5+,13-9+,15-10+/t21-,22-,23-,24-,25+/m0/s1. The first-order valence-corrected chi connectivity index (χ1v) is 15.6. The number of aliphatic carboxylic acids is 3. The van der Waals surface area contributed by atoms with Crippen LogP contribution in [0.4, 0.5) is 0 Å². The molecule has 0 heterocycles. The van der Waals surface area contributed by atoms with Crippen molar-refractivity contribution in [2.75, 3.05) is 12.3 Å². The summed E-state index contributed by atoms with van der Waals surface area (Å²) in [6, 6.07) is -2.48. The number of amides is 2. The van der Waals surface area contributed by atoms with E-state index in [9.17, 15) is 34.2 Å². The number of nitrogens with two attached hydrogens (primary N) is 1. The van der Waals surface area contributed by atoms with Crippen LogP contribution in [0, 0.1) is 0 Å². The lowest BCUT2D eigenvalue weighted by Crippen LogP contribution is -2.50. The van der Waals surface area contributed by atoms with Crippen LogP contribution in [-0.2, 0) is 24.0 Å². The predicted molar refractivity (Wildman–Crippen MR) is 168 cm³/mol. The maximum Gasteiger partial charge on any atom is 0.322 e. The third kappa shape index (κ3) is 22.1. The highest BCUT2D eigenvalue weighted by molar-refractivity contribution is 8.00. The van der Waals surface area contributed by atoms with Gasteiger partial charge in [-0.05, 0) is 25.7 Å². The van der Waals surface area contributed by atoms with Crippen molar-refractivity contribution in [3.05, 3.63) is 48.6 Å². The SMILES string of the molecule is CCCCC[C@H](O)/C=C/C=C\C=C\C=C\[C@@H](SC[C@H](NC(=O)CC[C@H](N)C(=O)O)C(=O)NCC(=O)O)[C@@H](O)CCCC(=O)O. The van der Waals surface area contributed by atoms with E-state index in [1.165, 1.54) is 0 Å².